The van der Waals surface area contributed by atoms with Crippen molar-refractivity contribution in [3.05, 3.63) is 22.4 Å². The Bertz CT molecular complexity index is 373. The lowest BCUT2D eigenvalue weighted by molar-refractivity contribution is 0.0748. The van der Waals surface area contributed by atoms with E-state index in [1.807, 2.05) is 11.3 Å². The molecule has 118 valence electrons. The molecule has 1 aromatic heterocycles. The van der Waals surface area contributed by atoms with Crippen molar-refractivity contribution in [2.45, 2.75) is 82.3 Å². The van der Waals surface area contributed by atoms with Crippen LogP contribution in [0.3, 0.4) is 0 Å². The van der Waals surface area contributed by atoms with E-state index in [1.165, 1.54) is 69.1 Å². The van der Waals surface area contributed by atoms with Crippen LogP contribution in [0.5, 0.6) is 0 Å². The fourth-order valence-corrected chi connectivity index (χ4v) is 4.96. The van der Waals surface area contributed by atoms with Gasteiger partial charge in [-0.1, -0.05) is 44.6 Å². The highest BCUT2D eigenvalue weighted by Gasteiger charge is 2.30. The Kier molecular flexibility index (Phi) is 5.73. The average Bonchev–Trinajstić information content (AvgIpc) is 3.09. The largest absolute Gasteiger partial charge is 0.322 e. The predicted octanol–water partition coefficient (Wildman–Crippen LogP) is 4.72. The minimum atomic E-state index is 0.203. The van der Waals surface area contributed by atoms with Crippen LogP contribution in [0.1, 0.15) is 75.1 Å². The third-order valence-electron chi connectivity index (χ3n) is 5.40. The summed E-state index contributed by atoms with van der Waals surface area (Å²) >= 11 is 1.81. The molecule has 0 spiro atoms. The van der Waals surface area contributed by atoms with Crippen molar-refractivity contribution in [1.82, 2.24) is 4.90 Å². The Morgan fingerprint density at radius 1 is 1.00 bits per heavy atom. The minimum absolute atomic E-state index is 0.203. The number of rotatable bonds is 5. The molecule has 2 N–H and O–H groups in total. The summed E-state index contributed by atoms with van der Waals surface area (Å²) < 4.78 is 0. The van der Waals surface area contributed by atoms with Gasteiger partial charge < -0.3 is 5.73 Å². The van der Waals surface area contributed by atoms with Crippen molar-refractivity contribution in [2.75, 3.05) is 6.54 Å². The van der Waals surface area contributed by atoms with Crippen LogP contribution in [0.15, 0.2) is 17.5 Å². The van der Waals surface area contributed by atoms with E-state index in [4.69, 9.17) is 5.73 Å². The fraction of sp³-hybridized carbons (Fsp3) is 0.778. The molecule has 1 unspecified atom stereocenters. The monoisotopic (exact) mass is 306 g/mol. The minimum Gasteiger partial charge on any atom is -0.322 e. The number of thiophene rings is 1. The molecule has 1 atom stereocenters. The smallest absolute Gasteiger partial charge is 0.0519 e. The summed E-state index contributed by atoms with van der Waals surface area (Å²) in [5.41, 5.74) is 6.52. The molecule has 2 saturated carbocycles. The molecule has 0 radical (unpaired) electrons. The van der Waals surface area contributed by atoms with Crippen LogP contribution >= 0.6 is 11.3 Å². The van der Waals surface area contributed by atoms with Crippen LogP contribution in [0.25, 0.3) is 0 Å². The molecular formula is C18H30N2S. The molecular weight excluding hydrogens is 276 g/mol. The van der Waals surface area contributed by atoms with Crippen molar-refractivity contribution in [2.24, 2.45) is 5.73 Å². The molecule has 1 aromatic rings. The van der Waals surface area contributed by atoms with Gasteiger partial charge in [0.25, 0.3) is 0 Å². The maximum absolute atomic E-state index is 6.52. The second-order valence-corrected chi connectivity index (χ2v) is 7.88. The van der Waals surface area contributed by atoms with Crippen molar-refractivity contribution in [3.63, 3.8) is 0 Å². The Morgan fingerprint density at radius 3 is 2.05 bits per heavy atom. The molecule has 0 bridgehead atoms. The van der Waals surface area contributed by atoms with E-state index in [0.717, 1.165) is 18.6 Å². The molecule has 2 aliphatic rings. The van der Waals surface area contributed by atoms with Crippen LogP contribution in [-0.2, 0) is 0 Å². The molecule has 0 aliphatic heterocycles. The van der Waals surface area contributed by atoms with E-state index in [1.54, 1.807) is 0 Å². The lowest BCUT2D eigenvalue weighted by atomic mass is 9.88. The Balaban J connectivity index is 1.68. The van der Waals surface area contributed by atoms with Crippen LogP contribution in [0, 0.1) is 0 Å². The van der Waals surface area contributed by atoms with E-state index in [9.17, 15) is 0 Å². The number of hydrogen-bond acceptors (Lipinski definition) is 3. The van der Waals surface area contributed by atoms with Gasteiger partial charge in [-0.05, 0) is 37.1 Å². The number of nitrogens with two attached hydrogens (primary N) is 1. The molecule has 0 aromatic carbocycles. The standard InChI is InChI=1S/C18H30N2S/c19-17(18-12-7-13-21-18)14-20(15-8-3-1-4-9-15)16-10-5-2-6-11-16/h7,12-13,15-17H,1-6,8-11,14,19H2. The van der Waals surface area contributed by atoms with E-state index in [2.05, 4.69) is 22.4 Å². The maximum Gasteiger partial charge on any atom is 0.0519 e. The van der Waals surface area contributed by atoms with Gasteiger partial charge in [-0.3, -0.25) is 4.90 Å². The van der Waals surface area contributed by atoms with Gasteiger partial charge in [0.05, 0.1) is 6.04 Å². The van der Waals surface area contributed by atoms with Crippen molar-refractivity contribution >= 4 is 11.3 Å². The molecule has 2 nitrogen and oxygen atoms in total. The van der Waals surface area contributed by atoms with Crippen LogP contribution in [0.4, 0.5) is 0 Å². The van der Waals surface area contributed by atoms with Gasteiger partial charge in [0.15, 0.2) is 0 Å². The van der Waals surface area contributed by atoms with E-state index in [0.29, 0.717) is 0 Å². The lowest BCUT2D eigenvalue weighted by Crippen LogP contribution is -2.48. The highest BCUT2D eigenvalue weighted by molar-refractivity contribution is 7.10. The van der Waals surface area contributed by atoms with Crippen LogP contribution < -0.4 is 5.73 Å². The Labute approximate surface area is 133 Å². The van der Waals surface area contributed by atoms with Gasteiger partial charge in [0.2, 0.25) is 0 Å². The number of nitrogens with zero attached hydrogens (tertiary/aromatic N) is 1. The fourth-order valence-electron chi connectivity index (χ4n) is 4.24. The normalized spacial score (nSPS) is 23.5. The van der Waals surface area contributed by atoms with Gasteiger partial charge in [-0.15, -0.1) is 11.3 Å². The first-order valence-electron chi connectivity index (χ1n) is 8.89. The second kappa shape index (κ2) is 7.75. The average molecular weight is 307 g/mol. The summed E-state index contributed by atoms with van der Waals surface area (Å²) in [5.74, 6) is 0. The zero-order valence-corrected chi connectivity index (χ0v) is 14.0. The molecule has 3 heteroatoms. The third-order valence-corrected chi connectivity index (χ3v) is 6.41. The molecule has 1 heterocycles. The van der Waals surface area contributed by atoms with Gasteiger partial charge in [-0.25, -0.2) is 0 Å². The summed E-state index contributed by atoms with van der Waals surface area (Å²) in [5, 5.41) is 2.15. The molecule has 0 saturated heterocycles. The number of hydrogen-bond donors (Lipinski definition) is 1. The topological polar surface area (TPSA) is 29.3 Å². The quantitative estimate of drug-likeness (QED) is 0.853. The first kappa shape index (κ1) is 15.5. The molecule has 2 aliphatic carbocycles. The van der Waals surface area contributed by atoms with E-state index in [-0.39, 0.29) is 6.04 Å². The van der Waals surface area contributed by atoms with E-state index >= 15 is 0 Å². The first-order chi connectivity index (χ1) is 10.3. The maximum atomic E-state index is 6.52. The highest BCUT2D eigenvalue weighted by Crippen LogP contribution is 2.31. The zero-order valence-electron chi connectivity index (χ0n) is 13.2. The van der Waals surface area contributed by atoms with Crippen molar-refractivity contribution in [1.29, 1.82) is 0 Å². The Hall–Kier alpha value is -0.380. The zero-order chi connectivity index (χ0) is 14.5. The first-order valence-corrected chi connectivity index (χ1v) is 9.77. The highest BCUT2D eigenvalue weighted by atomic mass is 32.1. The summed E-state index contributed by atoms with van der Waals surface area (Å²) in [6, 6.07) is 6.13. The second-order valence-electron chi connectivity index (χ2n) is 6.90. The van der Waals surface area contributed by atoms with Crippen molar-refractivity contribution < 1.29 is 0 Å². The predicted molar refractivity (Wildman–Crippen MR) is 91.7 cm³/mol. The molecule has 0 amide bonds. The summed E-state index contributed by atoms with van der Waals surface area (Å²) in [4.78, 5) is 4.18. The Morgan fingerprint density at radius 2 is 1.57 bits per heavy atom. The van der Waals surface area contributed by atoms with Crippen LogP contribution in [0.2, 0.25) is 0 Å². The van der Waals surface area contributed by atoms with Gasteiger partial charge >= 0.3 is 0 Å². The van der Waals surface area contributed by atoms with Crippen LogP contribution in [-0.4, -0.2) is 23.5 Å². The van der Waals surface area contributed by atoms with Gasteiger partial charge in [0.1, 0.15) is 0 Å². The van der Waals surface area contributed by atoms with Gasteiger partial charge in [0, 0.05) is 23.5 Å². The van der Waals surface area contributed by atoms with Crippen molar-refractivity contribution in [3.8, 4) is 0 Å². The summed E-state index contributed by atoms with van der Waals surface area (Å²) in [7, 11) is 0. The summed E-state index contributed by atoms with van der Waals surface area (Å²) in [6.07, 6.45) is 14.1. The molecule has 2 fully saturated rings. The van der Waals surface area contributed by atoms with E-state index < -0.39 is 0 Å². The summed E-state index contributed by atoms with van der Waals surface area (Å²) in [6.45, 7) is 1.07. The molecule has 3 rings (SSSR count). The third kappa shape index (κ3) is 4.08. The lowest BCUT2D eigenvalue weighted by Gasteiger charge is -2.42. The SMILES string of the molecule is NC(CN(C1CCCCC1)C1CCCCC1)c1cccs1. The van der Waals surface area contributed by atoms with Gasteiger partial charge in [-0.2, -0.15) is 0 Å². The molecule has 21 heavy (non-hydrogen) atoms.